The molecule has 2 aliphatic rings. The number of halogens is 2. The van der Waals surface area contributed by atoms with Crippen LogP contribution in [-0.4, -0.2) is 24.2 Å². The number of fused-ring (bicyclic) bond motifs is 2. The molecule has 3 atom stereocenters. The molecule has 1 aromatic carbocycles. The van der Waals surface area contributed by atoms with Crippen LogP contribution in [0.5, 0.6) is 0 Å². The quantitative estimate of drug-likeness (QED) is 0.904. The van der Waals surface area contributed by atoms with Crippen LogP contribution < -0.4 is 5.32 Å². The minimum absolute atomic E-state index is 0.0782. The number of rotatable bonds is 2. The fourth-order valence-corrected chi connectivity index (χ4v) is 3.11. The Morgan fingerprint density at radius 1 is 1.44 bits per heavy atom. The molecule has 5 heteroatoms. The molecule has 1 amide bonds. The Morgan fingerprint density at radius 2 is 2.28 bits per heavy atom. The van der Waals surface area contributed by atoms with E-state index in [0.717, 1.165) is 23.7 Å². The Balaban J connectivity index is 1.69. The molecule has 18 heavy (non-hydrogen) atoms. The fourth-order valence-electron chi connectivity index (χ4n) is 2.68. The van der Waals surface area contributed by atoms with Gasteiger partial charge in [0.2, 0.25) is 0 Å². The lowest BCUT2D eigenvalue weighted by Crippen LogP contribution is -2.41. The average molecular weight is 331 g/mol. The van der Waals surface area contributed by atoms with Gasteiger partial charge in [-0.25, -0.2) is 0 Å². The summed E-state index contributed by atoms with van der Waals surface area (Å²) >= 11 is 9.30. The first kappa shape index (κ1) is 12.5. The van der Waals surface area contributed by atoms with Gasteiger partial charge in [-0.2, -0.15) is 0 Å². The Labute approximate surface area is 119 Å². The van der Waals surface area contributed by atoms with Gasteiger partial charge in [0.25, 0.3) is 5.91 Å². The van der Waals surface area contributed by atoms with E-state index in [2.05, 4.69) is 21.2 Å². The molecule has 2 heterocycles. The molecule has 2 aliphatic heterocycles. The van der Waals surface area contributed by atoms with Crippen LogP contribution in [-0.2, 0) is 4.74 Å². The van der Waals surface area contributed by atoms with Gasteiger partial charge in [-0.15, -0.1) is 0 Å². The van der Waals surface area contributed by atoms with Crippen LogP contribution >= 0.6 is 27.5 Å². The fraction of sp³-hybridized carbons (Fsp3) is 0.462. The highest BCUT2D eigenvalue weighted by Crippen LogP contribution is 2.34. The van der Waals surface area contributed by atoms with Crippen LogP contribution in [0.1, 0.15) is 29.6 Å². The van der Waals surface area contributed by atoms with Crippen LogP contribution in [0.15, 0.2) is 22.7 Å². The van der Waals surface area contributed by atoms with Gasteiger partial charge >= 0.3 is 0 Å². The predicted molar refractivity (Wildman–Crippen MR) is 72.9 cm³/mol. The van der Waals surface area contributed by atoms with Crippen LogP contribution in [0, 0.1) is 0 Å². The first-order valence-corrected chi connectivity index (χ1v) is 7.22. The monoisotopic (exact) mass is 329 g/mol. The lowest BCUT2D eigenvalue weighted by Gasteiger charge is -2.20. The van der Waals surface area contributed by atoms with E-state index in [4.69, 9.17) is 16.3 Å². The summed E-state index contributed by atoms with van der Waals surface area (Å²) in [7, 11) is 0. The predicted octanol–water partition coefficient (Wildman–Crippen LogP) is 3.15. The maximum Gasteiger partial charge on any atom is 0.251 e. The number of hydrogen-bond donors (Lipinski definition) is 1. The molecule has 3 rings (SSSR count). The summed E-state index contributed by atoms with van der Waals surface area (Å²) in [5.41, 5.74) is 0.589. The number of carbonyl (C=O) groups is 1. The van der Waals surface area contributed by atoms with E-state index in [1.54, 1.807) is 18.2 Å². The highest BCUT2D eigenvalue weighted by atomic mass is 79.9. The Morgan fingerprint density at radius 3 is 2.89 bits per heavy atom. The lowest BCUT2D eigenvalue weighted by molar-refractivity contribution is 0.0841. The van der Waals surface area contributed by atoms with Crippen molar-refractivity contribution in [1.82, 2.24) is 5.32 Å². The van der Waals surface area contributed by atoms with E-state index >= 15 is 0 Å². The van der Waals surface area contributed by atoms with E-state index < -0.39 is 0 Å². The van der Waals surface area contributed by atoms with Crippen molar-refractivity contribution in [2.24, 2.45) is 0 Å². The van der Waals surface area contributed by atoms with Crippen molar-refractivity contribution in [3.05, 3.63) is 33.3 Å². The number of nitrogens with one attached hydrogen (secondary N) is 1. The van der Waals surface area contributed by atoms with E-state index in [-0.39, 0.29) is 18.1 Å². The number of benzene rings is 1. The van der Waals surface area contributed by atoms with Crippen LogP contribution in [0.3, 0.4) is 0 Å². The standard InChI is InChI=1S/C13H13BrClNO2/c14-9-3-1-7(5-10(9)15)13(17)16-11-6-8-2-4-12(11)18-8/h1,3,5,8,11-12H,2,4,6H2,(H,16,17). The first-order chi connectivity index (χ1) is 8.63. The molecule has 0 spiro atoms. The maximum absolute atomic E-state index is 12.1. The smallest absolute Gasteiger partial charge is 0.251 e. The number of carbonyl (C=O) groups excluding carboxylic acids is 1. The van der Waals surface area contributed by atoms with Crippen molar-refractivity contribution < 1.29 is 9.53 Å². The second-order valence-corrected chi connectivity index (χ2v) is 6.08. The molecule has 1 aromatic rings. The van der Waals surface area contributed by atoms with E-state index in [1.807, 2.05) is 0 Å². The van der Waals surface area contributed by atoms with Crippen LogP contribution in [0.4, 0.5) is 0 Å². The molecule has 0 aromatic heterocycles. The third-order valence-corrected chi connectivity index (χ3v) is 4.84. The van der Waals surface area contributed by atoms with E-state index in [1.165, 1.54) is 0 Å². The third-order valence-electron chi connectivity index (χ3n) is 3.60. The van der Waals surface area contributed by atoms with Crippen molar-refractivity contribution in [2.45, 2.75) is 37.5 Å². The molecule has 2 fully saturated rings. The van der Waals surface area contributed by atoms with Gasteiger partial charge in [0.05, 0.1) is 23.3 Å². The SMILES string of the molecule is O=C(NC1CC2CCC1O2)c1ccc(Br)c(Cl)c1. The second-order valence-electron chi connectivity index (χ2n) is 4.82. The zero-order chi connectivity index (χ0) is 12.7. The van der Waals surface area contributed by atoms with Crippen LogP contribution in [0.25, 0.3) is 0 Å². The average Bonchev–Trinajstić information content (AvgIpc) is 2.94. The summed E-state index contributed by atoms with van der Waals surface area (Å²) in [6, 6.07) is 5.38. The zero-order valence-corrected chi connectivity index (χ0v) is 12.0. The topological polar surface area (TPSA) is 38.3 Å². The van der Waals surface area contributed by atoms with Gasteiger partial charge < -0.3 is 10.1 Å². The van der Waals surface area contributed by atoms with Gasteiger partial charge in [0.1, 0.15) is 0 Å². The minimum atomic E-state index is -0.0782. The summed E-state index contributed by atoms with van der Waals surface area (Å²) in [6.07, 6.45) is 3.65. The van der Waals surface area contributed by atoms with Crippen molar-refractivity contribution in [2.75, 3.05) is 0 Å². The highest BCUT2D eigenvalue weighted by Gasteiger charge is 2.41. The van der Waals surface area contributed by atoms with Gasteiger partial charge in [-0.3, -0.25) is 4.79 Å². The molecular formula is C13H13BrClNO2. The Hall–Kier alpha value is -0.580. The summed E-state index contributed by atoms with van der Waals surface area (Å²) in [6.45, 7) is 0. The first-order valence-electron chi connectivity index (χ1n) is 6.05. The summed E-state index contributed by atoms with van der Waals surface area (Å²) in [4.78, 5) is 12.1. The molecular weight excluding hydrogens is 318 g/mol. The van der Waals surface area contributed by atoms with Crippen molar-refractivity contribution in [3.63, 3.8) is 0 Å². The minimum Gasteiger partial charge on any atom is -0.373 e. The largest absolute Gasteiger partial charge is 0.373 e. The molecule has 3 nitrogen and oxygen atoms in total. The summed E-state index contributed by atoms with van der Waals surface area (Å²) < 4.78 is 6.51. The normalized spacial score (nSPS) is 29.6. The summed E-state index contributed by atoms with van der Waals surface area (Å²) in [5, 5.41) is 3.58. The summed E-state index contributed by atoms with van der Waals surface area (Å²) in [5.74, 6) is -0.0782. The lowest BCUT2D eigenvalue weighted by atomic mass is 9.95. The highest BCUT2D eigenvalue weighted by molar-refractivity contribution is 9.10. The molecule has 0 saturated carbocycles. The van der Waals surface area contributed by atoms with Gasteiger partial charge in [-0.1, -0.05) is 11.6 Å². The molecule has 2 saturated heterocycles. The molecule has 1 N–H and O–H groups in total. The third kappa shape index (κ3) is 2.29. The van der Waals surface area contributed by atoms with Gasteiger partial charge in [-0.05, 0) is 53.4 Å². The number of ether oxygens (including phenoxy) is 1. The second kappa shape index (κ2) is 4.83. The van der Waals surface area contributed by atoms with Crippen molar-refractivity contribution in [1.29, 1.82) is 0 Å². The zero-order valence-electron chi connectivity index (χ0n) is 9.66. The molecule has 0 radical (unpaired) electrons. The Bertz CT molecular complexity index is 494. The van der Waals surface area contributed by atoms with Crippen molar-refractivity contribution in [3.8, 4) is 0 Å². The van der Waals surface area contributed by atoms with Crippen molar-refractivity contribution >= 4 is 33.4 Å². The molecule has 0 aliphatic carbocycles. The van der Waals surface area contributed by atoms with Gasteiger partial charge in [0.15, 0.2) is 0 Å². The molecule has 2 bridgehead atoms. The van der Waals surface area contributed by atoms with Gasteiger partial charge in [0, 0.05) is 10.0 Å². The molecule has 96 valence electrons. The number of amides is 1. The number of hydrogen-bond acceptors (Lipinski definition) is 2. The van der Waals surface area contributed by atoms with E-state index in [9.17, 15) is 4.79 Å². The van der Waals surface area contributed by atoms with Crippen LogP contribution in [0.2, 0.25) is 5.02 Å². The Kier molecular flexibility index (Phi) is 3.34. The van der Waals surface area contributed by atoms with E-state index in [0.29, 0.717) is 16.7 Å². The molecule has 3 unspecified atom stereocenters. The maximum atomic E-state index is 12.1.